The van der Waals surface area contributed by atoms with Crippen LogP contribution >= 0.6 is 0 Å². The maximum Gasteiger partial charge on any atom is 0.314 e. The van der Waals surface area contributed by atoms with Crippen molar-refractivity contribution in [1.82, 2.24) is 10.6 Å². The fraction of sp³-hybridized carbons (Fsp3) is 0.562. The number of aryl methyl sites for hydroxylation is 1. The van der Waals surface area contributed by atoms with Crippen LogP contribution in [0.5, 0.6) is 0 Å². The third-order valence-electron chi connectivity index (χ3n) is 3.34. The molecule has 0 heterocycles. The monoisotopic (exact) mass is 278 g/mol. The number of rotatable bonds is 6. The molecule has 0 saturated carbocycles. The summed E-state index contributed by atoms with van der Waals surface area (Å²) in [6, 6.07) is 8.14. The highest BCUT2D eigenvalue weighted by Gasteiger charge is 2.21. The summed E-state index contributed by atoms with van der Waals surface area (Å²) in [5, 5.41) is 14.7. The Balaban J connectivity index is 2.45. The fourth-order valence-electron chi connectivity index (χ4n) is 1.93. The van der Waals surface area contributed by atoms with Crippen LogP contribution in [0.25, 0.3) is 0 Å². The molecule has 4 heteroatoms. The summed E-state index contributed by atoms with van der Waals surface area (Å²) < 4.78 is 0. The molecule has 1 unspecified atom stereocenters. The zero-order valence-corrected chi connectivity index (χ0v) is 12.9. The number of aliphatic hydroxyl groups excluding tert-OH is 1. The predicted octanol–water partition coefficient (Wildman–Crippen LogP) is 2.34. The maximum atomic E-state index is 11.7. The Labute approximate surface area is 121 Å². The third-order valence-corrected chi connectivity index (χ3v) is 3.34. The van der Waals surface area contributed by atoms with Crippen LogP contribution in [-0.4, -0.2) is 30.3 Å². The summed E-state index contributed by atoms with van der Waals surface area (Å²) >= 11 is 0. The first-order valence-corrected chi connectivity index (χ1v) is 7.08. The molecule has 1 atom stereocenters. The minimum absolute atomic E-state index is 0.117. The van der Waals surface area contributed by atoms with Crippen LogP contribution in [0.3, 0.4) is 0 Å². The van der Waals surface area contributed by atoms with E-state index in [9.17, 15) is 4.79 Å². The quantitative estimate of drug-likeness (QED) is 0.748. The number of amides is 2. The average molecular weight is 278 g/mol. The van der Waals surface area contributed by atoms with Gasteiger partial charge in [-0.05, 0) is 25.8 Å². The van der Waals surface area contributed by atoms with E-state index in [-0.39, 0.29) is 17.6 Å². The number of carbonyl (C=O) groups excluding carboxylic acids is 1. The molecule has 0 bridgehead atoms. The Kier molecular flexibility index (Phi) is 6.02. The summed E-state index contributed by atoms with van der Waals surface area (Å²) in [7, 11) is 0. The lowest BCUT2D eigenvalue weighted by Crippen LogP contribution is -2.42. The van der Waals surface area contributed by atoms with Gasteiger partial charge in [-0.3, -0.25) is 0 Å². The van der Waals surface area contributed by atoms with Crippen LogP contribution in [0.15, 0.2) is 24.3 Å². The highest BCUT2D eigenvalue weighted by atomic mass is 16.3. The molecule has 0 aliphatic carbocycles. The number of hydrogen-bond acceptors (Lipinski definition) is 2. The predicted molar refractivity (Wildman–Crippen MR) is 81.9 cm³/mol. The summed E-state index contributed by atoms with van der Waals surface area (Å²) in [6.07, 6.45) is 0.174. The molecule has 0 aliphatic heterocycles. The number of urea groups is 1. The minimum atomic E-state index is -0.390. The van der Waals surface area contributed by atoms with Crippen LogP contribution in [0, 0.1) is 6.92 Å². The number of aliphatic hydroxyl groups is 1. The molecule has 1 aromatic carbocycles. The lowest BCUT2D eigenvalue weighted by atomic mass is 9.84. The van der Waals surface area contributed by atoms with Crippen molar-refractivity contribution in [1.29, 1.82) is 0 Å². The number of nitrogens with one attached hydrogen (secondary N) is 2. The first-order valence-electron chi connectivity index (χ1n) is 7.08. The molecule has 0 aromatic heterocycles. The van der Waals surface area contributed by atoms with Crippen molar-refractivity contribution in [2.75, 3.05) is 13.1 Å². The normalized spacial score (nSPS) is 12.8. The summed E-state index contributed by atoms with van der Waals surface area (Å²) in [5.41, 5.74) is 2.31. The van der Waals surface area contributed by atoms with E-state index in [1.165, 1.54) is 11.1 Å². The van der Waals surface area contributed by atoms with Crippen molar-refractivity contribution >= 4 is 6.03 Å². The molecule has 2 amide bonds. The van der Waals surface area contributed by atoms with Gasteiger partial charge in [0.15, 0.2) is 0 Å². The Morgan fingerprint density at radius 2 is 2.05 bits per heavy atom. The SMILES string of the molecule is Cc1cccc(C(C)(C)CNC(=O)NCCC(C)O)c1. The molecule has 0 aliphatic rings. The average Bonchev–Trinajstić information content (AvgIpc) is 2.36. The Hall–Kier alpha value is -1.55. The van der Waals surface area contributed by atoms with Crippen molar-refractivity contribution in [2.45, 2.75) is 45.6 Å². The van der Waals surface area contributed by atoms with Gasteiger partial charge < -0.3 is 15.7 Å². The van der Waals surface area contributed by atoms with Crippen LogP contribution in [0.2, 0.25) is 0 Å². The molecule has 1 rings (SSSR count). The number of carbonyl (C=O) groups is 1. The van der Waals surface area contributed by atoms with Crippen LogP contribution in [0.4, 0.5) is 4.79 Å². The second kappa shape index (κ2) is 7.29. The highest BCUT2D eigenvalue weighted by molar-refractivity contribution is 5.73. The van der Waals surface area contributed by atoms with Crippen LogP contribution in [0.1, 0.15) is 38.3 Å². The van der Waals surface area contributed by atoms with Crippen molar-refractivity contribution < 1.29 is 9.90 Å². The van der Waals surface area contributed by atoms with Crippen molar-refractivity contribution in [3.05, 3.63) is 35.4 Å². The number of hydrogen-bond donors (Lipinski definition) is 3. The van der Waals surface area contributed by atoms with Gasteiger partial charge in [0.25, 0.3) is 0 Å². The van der Waals surface area contributed by atoms with Gasteiger partial charge in [0.05, 0.1) is 6.10 Å². The van der Waals surface area contributed by atoms with Gasteiger partial charge in [0.1, 0.15) is 0 Å². The lowest BCUT2D eigenvalue weighted by Gasteiger charge is -2.26. The third kappa shape index (κ3) is 5.61. The molecule has 1 aromatic rings. The summed E-state index contributed by atoms with van der Waals surface area (Å²) in [4.78, 5) is 11.7. The summed E-state index contributed by atoms with van der Waals surface area (Å²) in [5.74, 6) is 0. The van der Waals surface area contributed by atoms with Crippen LogP contribution in [-0.2, 0) is 5.41 Å². The van der Waals surface area contributed by atoms with Gasteiger partial charge >= 0.3 is 6.03 Å². The first kappa shape index (κ1) is 16.5. The smallest absolute Gasteiger partial charge is 0.314 e. The summed E-state index contributed by atoms with van der Waals surface area (Å²) in [6.45, 7) is 9.04. The molecule has 0 fully saturated rings. The largest absolute Gasteiger partial charge is 0.393 e. The molecule has 0 spiro atoms. The van der Waals surface area contributed by atoms with Crippen LogP contribution < -0.4 is 10.6 Å². The Bertz CT molecular complexity index is 442. The van der Waals surface area contributed by atoms with Gasteiger partial charge in [0, 0.05) is 18.5 Å². The van der Waals surface area contributed by atoms with E-state index >= 15 is 0 Å². The molecule has 0 radical (unpaired) electrons. The first-order chi connectivity index (χ1) is 9.31. The molecule has 4 nitrogen and oxygen atoms in total. The van der Waals surface area contributed by atoms with E-state index in [4.69, 9.17) is 5.11 Å². The van der Waals surface area contributed by atoms with E-state index in [1.807, 2.05) is 6.07 Å². The second-order valence-corrected chi connectivity index (χ2v) is 6.00. The van der Waals surface area contributed by atoms with Gasteiger partial charge in [-0.25, -0.2) is 4.79 Å². The maximum absolute atomic E-state index is 11.7. The standard InChI is InChI=1S/C16H26N2O2/c1-12-6-5-7-14(10-12)16(3,4)11-18-15(20)17-9-8-13(2)19/h5-7,10,13,19H,8-9,11H2,1-4H3,(H2,17,18,20). The molecular weight excluding hydrogens is 252 g/mol. The van der Waals surface area contributed by atoms with Crippen molar-refractivity contribution in [3.8, 4) is 0 Å². The van der Waals surface area contributed by atoms with Gasteiger partial charge in [-0.2, -0.15) is 0 Å². The second-order valence-electron chi connectivity index (χ2n) is 6.00. The van der Waals surface area contributed by atoms with E-state index in [0.717, 1.165) is 0 Å². The highest BCUT2D eigenvalue weighted by Crippen LogP contribution is 2.22. The minimum Gasteiger partial charge on any atom is -0.393 e. The Morgan fingerprint density at radius 3 is 2.65 bits per heavy atom. The van der Waals surface area contributed by atoms with Gasteiger partial charge in [-0.1, -0.05) is 43.7 Å². The molecule has 20 heavy (non-hydrogen) atoms. The van der Waals surface area contributed by atoms with Crippen molar-refractivity contribution in [3.63, 3.8) is 0 Å². The van der Waals surface area contributed by atoms with E-state index < -0.39 is 0 Å². The van der Waals surface area contributed by atoms with E-state index in [2.05, 4.69) is 49.6 Å². The van der Waals surface area contributed by atoms with Gasteiger partial charge in [-0.15, -0.1) is 0 Å². The van der Waals surface area contributed by atoms with Crippen molar-refractivity contribution in [2.24, 2.45) is 0 Å². The van der Waals surface area contributed by atoms with Gasteiger partial charge in [0.2, 0.25) is 0 Å². The zero-order valence-electron chi connectivity index (χ0n) is 12.9. The topological polar surface area (TPSA) is 61.4 Å². The number of benzene rings is 1. The lowest BCUT2D eigenvalue weighted by molar-refractivity contribution is 0.183. The molecular formula is C16H26N2O2. The fourth-order valence-corrected chi connectivity index (χ4v) is 1.93. The van der Waals surface area contributed by atoms with E-state index in [0.29, 0.717) is 19.5 Å². The van der Waals surface area contributed by atoms with E-state index in [1.54, 1.807) is 6.92 Å². The molecule has 112 valence electrons. The Morgan fingerprint density at radius 1 is 1.35 bits per heavy atom. The zero-order chi connectivity index (χ0) is 15.2. The molecule has 3 N–H and O–H groups in total. The molecule has 0 saturated heterocycles.